The van der Waals surface area contributed by atoms with E-state index < -0.39 is 0 Å². The summed E-state index contributed by atoms with van der Waals surface area (Å²) in [5, 5.41) is 2.86. The summed E-state index contributed by atoms with van der Waals surface area (Å²) in [6, 6.07) is 11.4. The summed E-state index contributed by atoms with van der Waals surface area (Å²) in [4.78, 5) is 15.0. The average molecular weight is 286 g/mol. The number of hydrogen-bond acceptors (Lipinski definition) is 2. The first-order valence-corrected chi connectivity index (χ1v) is 7.11. The third-order valence-electron chi connectivity index (χ3n) is 3.41. The van der Waals surface area contributed by atoms with E-state index in [9.17, 15) is 4.79 Å². The van der Waals surface area contributed by atoms with Crippen LogP contribution in [-0.2, 0) is 0 Å². The number of pyridine rings is 1. The van der Waals surface area contributed by atoms with E-state index >= 15 is 0 Å². The lowest BCUT2D eigenvalue weighted by Gasteiger charge is -2.10. The molecule has 0 aliphatic heterocycles. The van der Waals surface area contributed by atoms with Crippen LogP contribution in [0.15, 0.2) is 42.6 Å². The van der Waals surface area contributed by atoms with Gasteiger partial charge in [0.2, 0.25) is 0 Å². The maximum Gasteiger partial charge on any atom is 0.258 e. The minimum Gasteiger partial charge on any atom is -0.352 e. The summed E-state index contributed by atoms with van der Waals surface area (Å²) in [5.41, 5.74) is 2.54. The molecule has 0 saturated carbocycles. The van der Waals surface area contributed by atoms with E-state index in [1.165, 1.54) is 5.56 Å². The summed E-state index contributed by atoms with van der Waals surface area (Å²) in [6.45, 7) is 4.36. The van der Waals surface area contributed by atoms with Gasteiger partial charge in [0.15, 0.2) is 0 Å². The summed E-state index contributed by atoms with van der Waals surface area (Å²) < 4.78 is 0.446. The predicted octanol–water partition coefficient (Wildman–Crippen LogP) is 4.51. The number of carbonyl (C=O) groups is 1. The molecule has 0 radical (unpaired) electrons. The van der Waals surface area contributed by atoms with Crippen molar-refractivity contribution < 1.29 is 4.79 Å². The van der Waals surface area contributed by atoms with Crippen molar-refractivity contribution in [2.24, 2.45) is 0 Å². The van der Waals surface area contributed by atoms with E-state index in [1.54, 1.807) is 18.3 Å². The van der Waals surface area contributed by atoms with Gasteiger partial charge in [0.1, 0.15) is 4.64 Å². The van der Waals surface area contributed by atoms with Crippen LogP contribution in [0.4, 0.5) is 5.69 Å². The Bertz CT molecular complexity index is 646. The Morgan fingerprint density at radius 3 is 2.60 bits per heavy atom. The van der Waals surface area contributed by atoms with Gasteiger partial charge in [0.05, 0.1) is 5.56 Å². The Morgan fingerprint density at radius 2 is 2.00 bits per heavy atom. The second-order valence-electron chi connectivity index (χ2n) is 4.80. The van der Waals surface area contributed by atoms with Crippen molar-refractivity contribution in [2.75, 3.05) is 5.32 Å². The van der Waals surface area contributed by atoms with E-state index in [4.69, 9.17) is 12.2 Å². The number of hydrogen-bond donors (Lipinski definition) is 2. The van der Waals surface area contributed by atoms with Crippen LogP contribution in [0, 0.1) is 4.64 Å². The van der Waals surface area contributed by atoms with Crippen LogP contribution < -0.4 is 5.32 Å². The lowest BCUT2D eigenvalue weighted by molar-refractivity contribution is 0.102. The minimum atomic E-state index is -0.192. The molecule has 1 atom stereocenters. The van der Waals surface area contributed by atoms with Crippen LogP contribution >= 0.6 is 12.2 Å². The normalized spacial score (nSPS) is 11.9. The molecule has 1 aromatic carbocycles. The molecule has 0 unspecified atom stereocenters. The van der Waals surface area contributed by atoms with Crippen LogP contribution in [-0.4, -0.2) is 10.9 Å². The van der Waals surface area contributed by atoms with E-state index in [0.29, 0.717) is 16.1 Å². The van der Waals surface area contributed by atoms with E-state index in [2.05, 4.69) is 36.3 Å². The zero-order valence-corrected chi connectivity index (χ0v) is 12.5. The largest absolute Gasteiger partial charge is 0.352 e. The van der Waals surface area contributed by atoms with Gasteiger partial charge in [-0.05, 0) is 42.2 Å². The zero-order valence-electron chi connectivity index (χ0n) is 11.6. The molecule has 4 heteroatoms. The maximum absolute atomic E-state index is 12.1. The minimum absolute atomic E-state index is 0.192. The predicted molar refractivity (Wildman–Crippen MR) is 84.7 cm³/mol. The molecular weight excluding hydrogens is 268 g/mol. The van der Waals surface area contributed by atoms with Crippen molar-refractivity contribution in [1.82, 2.24) is 4.98 Å². The number of rotatable bonds is 4. The van der Waals surface area contributed by atoms with E-state index in [0.717, 1.165) is 12.1 Å². The number of carbonyl (C=O) groups excluding carboxylic acids is 1. The van der Waals surface area contributed by atoms with Crippen molar-refractivity contribution in [3.05, 3.63) is 58.4 Å². The molecule has 1 aromatic heterocycles. The highest BCUT2D eigenvalue weighted by atomic mass is 32.1. The monoisotopic (exact) mass is 286 g/mol. The topological polar surface area (TPSA) is 44.9 Å². The fraction of sp³-hybridized carbons (Fsp3) is 0.250. The van der Waals surface area contributed by atoms with Gasteiger partial charge >= 0.3 is 0 Å². The molecule has 104 valence electrons. The van der Waals surface area contributed by atoms with Crippen molar-refractivity contribution >= 4 is 23.8 Å². The Morgan fingerprint density at radius 1 is 1.30 bits per heavy atom. The van der Waals surface area contributed by atoms with Crippen molar-refractivity contribution in [3.8, 4) is 0 Å². The molecule has 20 heavy (non-hydrogen) atoms. The van der Waals surface area contributed by atoms with Gasteiger partial charge in [-0.3, -0.25) is 4.79 Å². The SMILES string of the molecule is CC[C@H](C)c1ccc(NC(=O)c2ccc[nH]c2=S)cc1. The Labute approximate surface area is 124 Å². The van der Waals surface area contributed by atoms with Crippen molar-refractivity contribution in [1.29, 1.82) is 0 Å². The standard InChI is InChI=1S/C16H18N2OS/c1-3-11(2)12-6-8-13(9-7-12)18-15(19)14-5-4-10-17-16(14)20/h4-11H,3H2,1-2H3,(H,17,20)(H,18,19)/t11-/m0/s1. The van der Waals surface area contributed by atoms with Crippen LogP contribution in [0.2, 0.25) is 0 Å². The fourth-order valence-corrected chi connectivity index (χ4v) is 2.16. The van der Waals surface area contributed by atoms with Gasteiger partial charge in [-0.15, -0.1) is 0 Å². The Hall–Kier alpha value is -1.94. The third kappa shape index (κ3) is 3.33. The molecule has 0 fully saturated rings. The van der Waals surface area contributed by atoms with Crippen LogP contribution in [0.5, 0.6) is 0 Å². The molecule has 2 N–H and O–H groups in total. The number of anilines is 1. The van der Waals surface area contributed by atoms with Gasteiger partial charge in [0, 0.05) is 11.9 Å². The highest BCUT2D eigenvalue weighted by Gasteiger charge is 2.08. The molecule has 0 saturated heterocycles. The highest BCUT2D eigenvalue weighted by molar-refractivity contribution is 7.71. The van der Waals surface area contributed by atoms with Crippen LogP contribution in [0.1, 0.15) is 42.1 Å². The highest BCUT2D eigenvalue weighted by Crippen LogP contribution is 2.20. The first-order valence-electron chi connectivity index (χ1n) is 6.71. The number of H-pyrrole nitrogens is 1. The van der Waals surface area contributed by atoms with Crippen LogP contribution in [0.25, 0.3) is 0 Å². The van der Waals surface area contributed by atoms with Crippen molar-refractivity contribution in [3.63, 3.8) is 0 Å². The lowest BCUT2D eigenvalue weighted by Crippen LogP contribution is -2.12. The van der Waals surface area contributed by atoms with Gasteiger partial charge in [0.25, 0.3) is 5.91 Å². The average Bonchev–Trinajstić information content (AvgIpc) is 2.47. The number of nitrogens with one attached hydrogen (secondary N) is 2. The fourth-order valence-electron chi connectivity index (χ4n) is 1.93. The summed E-state index contributed by atoms with van der Waals surface area (Å²) in [5.74, 6) is 0.339. The van der Waals surface area contributed by atoms with Gasteiger partial charge < -0.3 is 10.3 Å². The molecule has 2 rings (SSSR count). The van der Waals surface area contributed by atoms with Gasteiger partial charge in [-0.2, -0.15) is 0 Å². The van der Waals surface area contributed by atoms with E-state index in [1.807, 2.05) is 12.1 Å². The first-order chi connectivity index (χ1) is 9.61. The van der Waals surface area contributed by atoms with Crippen molar-refractivity contribution in [2.45, 2.75) is 26.2 Å². The third-order valence-corrected chi connectivity index (χ3v) is 3.75. The number of amides is 1. The quantitative estimate of drug-likeness (QED) is 0.812. The second kappa shape index (κ2) is 6.48. The van der Waals surface area contributed by atoms with E-state index in [-0.39, 0.29) is 5.91 Å². The zero-order chi connectivity index (χ0) is 14.5. The van der Waals surface area contributed by atoms with Crippen LogP contribution in [0.3, 0.4) is 0 Å². The summed E-state index contributed by atoms with van der Waals surface area (Å²) in [6.07, 6.45) is 2.81. The van der Waals surface area contributed by atoms with Gasteiger partial charge in [-0.25, -0.2) is 0 Å². The number of benzene rings is 1. The smallest absolute Gasteiger partial charge is 0.258 e. The molecule has 3 nitrogen and oxygen atoms in total. The molecule has 1 heterocycles. The number of aromatic nitrogens is 1. The molecule has 0 aliphatic rings. The molecule has 0 aliphatic carbocycles. The lowest BCUT2D eigenvalue weighted by atomic mass is 9.99. The number of aromatic amines is 1. The molecular formula is C16H18N2OS. The molecule has 1 amide bonds. The van der Waals surface area contributed by atoms with Gasteiger partial charge in [-0.1, -0.05) is 38.2 Å². The molecule has 0 spiro atoms. The first kappa shape index (κ1) is 14.5. The molecule has 2 aromatic rings. The second-order valence-corrected chi connectivity index (χ2v) is 5.21. The summed E-state index contributed by atoms with van der Waals surface area (Å²) in [7, 11) is 0. The maximum atomic E-state index is 12.1. The Balaban J connectivity index is 2.13. The summed E-state index contributed by atoms with van der Waals surface area (Å²) >= 11 is 5.10. The Kier molecular flexibility index (Phi) is 4.69. The molecule has 0 bridgehead atoms.